The van der Waals surface area contributed by atoms with Crippen LogP contribution in [0.25, 0.3) is 11.0 Å². The first-order valence-corrected chi connectivity index (χ1v) is 6.83. The predicted octanol–water partition coefficient (Wildman–Crippen LogP) is 2.49. The van der Waals surface area contributed by atoms with Gasteiger partial charge in [-0.2, -0.15) is 0 Å². The molecule has 0 bridgehead atoms. The summed E-state index contributed by atoms with van der Waals surface area (Å²) in [7, 11) is 1.39. The summed E-state index contributed by atoms with van der Waals surface area (Å²) in [6.07, 6.45) is -1.18. The molecule has 1 unspecified atom stereocenters. The molecule has 0 N–H and O–H groups in total. The SMILES string of the molecule is C=C(C)C(OC(C)=O)C(=O)c1c(OC)ccc2ccc(=O)oc12. The second kappa shape index (κ2) is 6.48. The number of hydrogen-bond acceptors (Lipinski definition) is 6. The first kappa shape index (κ1) is 16.5. The first-order valence-electron chi connectivity index (χ1n) is 6.83. The Morgan fingerprint density at radius 2 is 1.83 bits per heavy atom. The lowest BCUT2D eigenvalue weighted by molar-refractivity contribution is -0.142. The highest BCUT2D eigenvalue weighted by Gasteiger charge is 2.29. The summed E-state index contributed by atoms with van der Waals surface area (Å²) >= 11 is 0. The van der Waals surface area contributed by atoms with Gasteiger partial charge in [-0.15, -0.1) is 0 Å². The number of ether oxygens (including phenoxy) is 2. The Labute approximate surface area is 132 Å². The Morgan fingerprint density at radius 1 is 1.17 bits per heavy atom. The average molecular weight is 316 g/mol. The molecule has 1 atom stereocenters. The van der Waals surface area contributed by atoms with Crippen molar-refractivity contribution in [2.75, 3.05) is 7.11 Å². The van der Waals surface area contributed by atoms with Crippen LogP contribution in [0, 0.1) is 0 Å². The van der Waals surface area contributed by atoms with E-state index in [1.165, 1.54) is 20.1 Å². The van der Waals surface area contributed by atoms with E-state index in [1.54, 1.807) is 25.1 Å². The van der Waals surface area contributed by atoms with E-state index in [0.717, 1.165) is 0 Å². The molecular weight excluding hydrogens is 300 g/mol. The van der Waals surface area contributed by atoms with E-state index >= 15 is 0 Å². The smallest absolute Gasteiger partial charge is 0.336 e. The van der Waals surface area contributed by atoms with Crippen LogP contribution in [0.1, 0.15) is 24.2 Å². The van der Waals surface area contributed by atoms with E-state index in [0.29, 0.717) is 11.0 Å². The predicted molar refractivity (Wildman–Crippen MR) is 83.7 cm³/mol. The Morgan fingerprint density at radius 3 is 2.39 bits per heavy atom. The molecule has 0 aliphatic rings. The molecule has 23 heavy (non-hydrogen) atoms. The van der Waals surface area contributed by atoms with Crippen LogP contribution in [0.3, 0.4) is 0 Å². The molecule has 0 aliphatic carbocycles. The zero-order valence-corrected chi connectivity index (χ0v) is 13.0. The summed E-state index contributed by atoms with van der Waals surface area (Å²) in [5, 5.41) is 0.553. The molecule has 1 aromatic heterocycles. The summed E-state index contributed by atoms with van der Waals surface area (Å²) < 4.78 is 15.4. The molecule has 6 nitrogen and oxygen atoms in total. The third-order valence-corrected chi connectivity index (χ3v) is 3.19. The van der Waals surface area contributed by atoms with Crippen LogP contribution in [0.2, 0.25) is 0 Å². The van der Waals surface area contributed by atoms with Crippen molar-refractivity contribution < 1.29 is 23.5 Å². The lowest BCUT2D eigenvalue weighted by Gasteiger charge is -2.18. The van der Waals surface area contributed by atoms with Crippen LogP contribution in [-0.2, 0) is 9.53 Å². The number of Topliss-reactive ketones (excluding diaryl/α,β-unsaturated/α-hetero) is 1. The molecule has 0 aliphatic heterocycles. The Balaban J connectivity index is 2.70. The summed E-state index contributed by atoms with van der Waals surface area (Å²) in [6.45, 7) is 6.44. The number of benzene rings is 1. The van der Waals surface area contributed by atoms with Crippen molar-refractivity contribution in [3.63, 3.8) is 0 Å². The minimum atomic E-state index is -1.18. The zero-order valence-electron chi connectivity index (χ0n) is 13.0. The van der Waals surface area contributed by atoms with Gasteiger partial charge in [0.25, 0.3) is 0 Å². The average Bonchev–Trinajstić information content (AvgIpc) is 2.50. The fourth-order valence-electron chi connectivity index (χ4n) is 2.19. The topological polar surface area (TPSA) is 82.8 Å². The minimum Gasteiger partial charge on any atom is -0.496 e. The van der Waals surface area contributed by atoms with Gasteiger partial charge in [-0.25, -0.2) is 4.79 Å². The number of carbonyl (C=O) groups excluding carboxylic acids is 2. The van der Waals surface area contributed by atoms with Crippen LogP contribution < -0.4 is 10.4 Å². The Bertz CT molecular complexity index is 846. The van der Waals surface area contributed by atoms with Gasteiger partial charge in [-0.3, -0.25) is 9.59 Å². The van der Waals surface area contributed by atoms with E-state index in [2.05, 4.69) is 6.58 Å². The molecule has 120 valence electrons. The van der Waals surface area contributed by atoms with Crippen LogP contribution in [-0.4, -0.2) is 25.0 Å². The number of esters is 1. The van der Waals surface area contributed by atoms with Crippen molar-refractivity contribution in [2.24, 2.45) is 0 Å². The Kier molecular flexibility index (Phi) is 4.64. The van der Waals surface area contributed by atoms with Crippen molar-refractivity contribution in [3.8, 4) is 5.75 Å². The van der Waals surface area contributed by atoms with Crippen LogP contribution in [0.15, 0.2) is 45.6 Å². The molecule has 0 saturated heterocycles. The van der Waals surface area contributed by atoms with Crippen molar-refractivity contribution in [1.82, 2.24) is 0 Å². The molecule has 0 fully saturated rings. The van der Waals surface area contributed by atoms with Crippen LogP contribution >= 0.6 is 0 Å². The molecule has 6 heteroatoms. The fourth-order valence-corrected chi connectivity index (χ4v) is 2.19. The molecule has 0 radical (unpaired) electrons. The van der Waals surface area contributed by atoms with Crippen molar-refractivity contribution in [2.45, 2.75) is 20.0 Å². The van der Waals surface area contributed by atoms with Crippen molar-refractivity contribution >= 4 is 22.7 Å². The van der Waals surface area contributed by atoms with Gasteiger partial charge in [0.15, 0.2) is 11.7 Å². The highest BCUT2D eigenvalue weighted by atomic mass is 16.5. The maximum Gasteiger partial charge on any atom is 0.336 e. The first-order chi connectivity index (χ1) is 10.8. The van der Waals surface area contributed by atoms with E-state index in [9.17, 15) is 14.4 Å². The lowest BCUT2D eigenvalue weighted by Crippen LogP contribution is -2.28. The summed E-state index contributed by atoms with van der Waals surface area (Å²) in [4.78, 5) is 35.6. The molecule has 2 rings (SSSR count). The largest absolute Gasteiger partial charge is 0.496 e. The molecular formula is C17H16O6. The quantitative estimate of drug-likeness (QED) is 0.365. The standard InChI is InChI=1S/C17H16O6/c1-9(2)16(22-10(3)18)15(20)14-12(21-4)7-5-11-6-8-13(19)23-17(11)14/h5-8,16H,1H2,2-4H3. The maximum absolute atomic E-state index is 12.8. The molecule has 0 spiro atoms. The van der Waals surface area contributed by atoms with Gasteiger partial charge in [0, 0.05) is 18.4 Å². The van der Waals surface area contributed by atoms with Gasteiger partial charge in [-0.05, 0) is 30.7 Å². The number of hydrogen-bond donors (Lipinski definition) is 0. The van der Waals surface area contributed by atoms with Gasteiger partial charge < -0.3 is 13.9 Å². The van der Waals surface area contributed by atoms with Gasteiger partial charge in [0.05, 0.1) is 7.11 Å². The highest BCUT2D eigenvalue weighted by Crippen LogP contribution is 2.30. The number of methoxy groups -OCH3 is 1. The Hall–Kier alpha value is -2.89. The second-order valence-corrected chi connectivity index (χ2v) is 5.02. The summed E-state index contributed by atoms with van der Waals surface area (Å²) in [5.74, 6) is -0.966. The normalized spacial score (nSPS) is 11.8. The second-order valence-electron chi connectivity index (χ2n) is 5.02. The molecule has 0 amide bonds. The minimum absolute atomic E-state index is 0.0388. The van der Waals surface area contributed by atoms with Crippen LogP contribution in [0.4, 0.5) is 0 Å². The number of fused-ring (bicyclic) bond motifs is 1. The van der Waals surface area contributed by atoms with E-state index in [4.69, 9.17) is 13.9 Å². The summed E-state index contributed by atoms with van der Waals surface area (Å²) in [6, 6.07) is 6.04. The third-order valence-electron chi connectivity index (χ3n) is 3.19. The highest BCUT2D eigenvalue weighted by molar-refractivity contribution is 6.12. The van der Waals surface area contributed by atoms with Gasteiger partial charge in [0.1, 0.15) is 11.3 Å². The van der Waals surface area contributed by atoms with Gasteiger partial charge >= 0.3 is 11.6 Å². The van der Waals surface area contributed by atoms with E-state index in [-0.39, 0.29) is 16.9 Å². The zero-order chi connectivity index (χ0) is 17.1. The third kappa shape index (κ3) is 3.31. The molecule has 1 heterocycles. The van der Waals surface area contributed by atoms with Crippen LogP contribution in [0.5, 0.6) is 5.75 Å². The van der Waals surface area contributed by atoms with E-state index < -0.39 is 23.5 Å². The van der Waals surface area contributed by atoms with Crippen molar-refractivity contribution in [3.05, 3.63) is 52.4 Å². The fraction of sp³-hybridized carbons (Fsp3) is 0.235. The molecule has 0 saturated carbocycles. The summed E-state index contributed by atoms with van der Waals surface area (Å²) in [5.41, 5.74) is -0.126. The monoisotopic (exact) mass is 316 g/mol. The van der Waals surface area contributed by atoms with Gasteiger partial charge in [0.2, 0.25) is 5.78 Å². The molecule has 2 aromatic rings. The van der Waals surface area contributed by atoms with Crippen molar-refractivity contribution in [1.29, 1.82) is 0 Å². The number of carbonyl (C=O) groups is 2. The lowest BCUT2D eigenvalue weighted by atomic mass is 9.98. The van der Waals surface area contributed by atoms with E-state index in [1.807, 2.05) is 0 Å². The maximum atomic E-state index is 12.8. The number of ketones is 1. The molecule has 1 aromatic carbocycles. The van der Waals surface area contributed by atoms with Gasteiger partial charge in [-0.1, -0.05) is 6.58 Å². The number of rotatable bonds is 5.